The van der Waals surface area contributed by atoms with Crippen molar-refractivity contribution in [3.05, 3.63) is 34.8 Å². The molecule has 0 saturated carbocycles. The lowest BCUT2D eigenvalue weighted by atomic mass is 10.0. The summed E-state index contributed by atoms with van der Waals surface area (Å²) in [6, 6.07) is 4.19. The molecule has 18 heavy (non-hydrogen) atoms. The Hall–Kier alpha value is -0.870. The molecule has 0 N–H and O–H groups in total. The number of pyridine rings is 1. The van der Waals surface area contributed by atoms with E-state index in [1.54, 1.807) is 0 Å². The Morgan fingerprint density at radius 1 is 1.50 bits per heavy atom. The fourth-order valence-corrected chi connectivity index (χ4v) is 3.16. The molecular weight excluding hydrogens is 290 g/mol. The van der Waals surface area contributed by atoms with E-state index in [0.29, 0.717) is 0 Å². The Bertz CT molecular complexity index is 549. The predicted molar refractivity (Wildman–Crippen MR) is 76.8 cm³/mol. The van der Waals surface area contributed by atoms with Gasteiger partial charge in [0.1, 0.15) is 5.82 Å². The molecule has 3 nitrogen and oxygen atoms in total. The highest BCUT2D eigenvalue weighted by atomic mass is 79.9. The number of likely N-dealkylation sites (tertiary alicyclic amines) is 1. The van der Waals surface area contributed by atoms with E-state index < -0.39 is 0 Å². The highest BCUT2D eigenvalue weighted by Crippen LogP contribution is 2.21. The van der Waals surface area contributed by atoms with Crippen LogP contribution in [0.25, 0.3) is 5.52 Å². The highest BCUT2D eigenvalue weighted by molar-refractivity contribution is 9.10. The van der Waals surface area contributed by atoms with E-state index in [4.69, 9.17) is 0 Å². The minimum Gasteiger partial charge on any atom is -0.304 e. The SMILES string of the molecule is CCN1CCC(Cc2ncc3cc(Br)ccn23)C1. The van der Waals surface area contributed by atoms with Crippen LogP contribution in [0.15, 0.2) is 29.0 Å². The molecule has 2 aromatic rings. The maximum atomic E-state index is 4.57. The van der Waals surface area contributed by atoms with Gasteiger partial charge in [-0.05, 0) is 37.6 Å². The molecule has 1 aliphatic rings. The molecule has 4 heteroatoms. The summed E-state index contributed by atoms with van der Waals surface area (Å²) in [5, 5.41) is 0. The first-order valence-electron chi connectivity index (χ1n) is 6.60. The Balaban J connectivity index is 1.79. The van der Waals surface area contributed by atoms with Crippen LogP contribution in [0.1, 0.15) is 19.2 Å². The zero-order valence-electron chi connectivity index (χ0n) is 10.6. The average molecular weight is 308 g/mol. The van der Waals surface area contributed by atoms with Crippen molar-refractivity contribution in [1.82, 2.24) is 14.3 Å². The minimum absolute atomic E-state index is 0.763. The first-order chi connectivity index (χ1) is 8.76. The van der Waals surface area contributed by atoms with Crippen molar-refractivity contribution in [2.75, 3.05) is 19.6 Å². The fraction of sp³-hybridized carbons (Fsp3) is 0.500. The van der Waals surface area contributed by atoms with Crippen molar-refractivity contribution in [3.8, 4) is 0 Å². The van der Waals surface area contributed by atoms with Gasteiger partial charge in [-0.25, -0.2) is 4.98 Å². The van der Waals surface area contributed by atoms with Crippen LogP contribution >= 0.6 is 15.9 Å². The second-order valence-electron chi connectivity index (χ2n) is 5.07. The van der Waals surface area contributed by atoms with Crippen molar-refractivity contribution < 1.29 is 0 Å². The third-order valence-corrected chi connectivity index (χ3v) is 4.35. The molecule has 0 bridgehead atoms. The van der Waals surface area contributed by atoms with Crippen LogP contribution in [0.5, 0.6) is 0 Å². The smallest absolute Gasteiger partial charge is 0.113 e. The number of halogens is 1. The lowest BCUT2D eigenvalue weighted by Gasteiger charge is -2.12. The number of nitrogens with zero attached hydrogens (tertiary/aromatic N) is 3. The minimum atomic E-state index is 0.763. The molecule has 0 aromatic carbocycles. The Labute approximate surface area is 116 Å². The summed E-state index contributed by atoms with van der Waals surface area (Å²) in [5.41, 5.74) is 1.17. The van der Waals surface area contributed by atoms with E-state index in [1.807, 2.05) is 6.20 Å². The maximum Gasteiger partial charge on any atom is 0.113 e. The number of hydrogen-bond donors (Lipinski definition) is 0. The molecule has 2 aromatic heterocycles. The van der Waals surface area contributed by atoms with Crippen molar-refractivity contribution in [2.24, 2.45) is 5.92 Å². The van der Waals surface area contributed by atoms with E-state index in [2.05, 4.69) is 55.5 Å². The lowest BCUT2D eigenvalue weighted by Crippen LogP contribution is -2.20. The van der Waals surface area contributed by atoms with Gasteiger partial charge in [0, 0.05) is 23.6 Å². The van der Waals surface area contributed by atoms with Crippen LogP contribution in [0.2, 0.25) is 0 Å². The number of rotatable bonds is 3. The van der Waals surface area contributed by atoms with Crippen LogP contribution < -0.4 is 0 Å². The predicted octanol–water partition coefficient (Wildman–Crippen LogP) is 2.98. The lowest BCUT2D eigenvalue weighted by molar-refractivity contribution is 0.341. The number of aromatic nitrogens is 2. The quantitative estimate of drug-likeness (QED) is 0.869. The van der Waals surface area contributed by atoms with Gasteiger partial charge in [0.25, 0.3) is 0 Å². The fourth-order valence-electron chi connectivity index (χ4n) is 2.80. The van der Waals surface area contributed by atoms with Crippen molar-refractivity contribution in [1.29, 1.82) is 0 Å². The summed E-state index contributed by atoms with van der Waals surface area (Å²) in [6.07, 6.45) is 6.46. The molecule has 0 spiro atoms. The van der Waals surface area contributed by atoms with Crippen LogP contribution in [-0.2, 0) is 6.42 Å². The van der Waals surface area contributed by atoms with Gasteiger partial charge < -0.3 is 9.30 Å². The monoisotopic (exact) mass is 307 g/mol. The molecule has 1 fully saturated rings. The van der Waals surface area contributed by atoms with E-state index in [0.717, 1.165) is 16.8 Å². The first kappa shape index (κ1) is 12.2. The second-order valence-corrected chi connectivity index (χ2v) is 5.98. The van der Waals surface area contributed by atoms with E-state index in [9.17, 15) is 0 Å². The Kier molecular flexibility index (Phi) is 3.39. The number of hydrogen-bond acceptors (Lipinski definition) is 2. The summed E-state index contributed by atoms with van der Waals surface area (Å²) in [5.74, 6) is 1.96. The van der Waals surface area contributed by atoms with E-state index in [1.165, 1.54) is 37.4 Å². The van der Waals surface area contributed by atoms with Gasteiger partial charge in [-0.3, -0.25) is 0 Å². The highest BCUT2D eigenvalue weighted by Gasteiger charge is 2.22. The standard InChI is InChI=1S/C14H18BrN3/c1-2-17-5-3-11(10-17)7-14-16-9-13-8-12(15)4-6-18(13)14/h4,6,8-9,11H,2-3,5,7,10H2,1H3. The third kappa shape index (κ3) is 2.31. The largest absolute Gasteiger partial charge is 0.304 e. The summed E-state index contributed by atoms with van der Waals surface area (Å²) in [4.78, 5) is 7.10. The molecule has 1 unspecified atom stereocenters. The van der Waals surface area contributed by atoms with Crippen LogP contribution in [0.3, 0.4) is 0 Å². The zero-order chi connectivity index (χ0) is 12.5. The normalized spacial score (nSPS) is 20.9. The molecule has 1 atom stereocenters. The third-order valence-electron chi connectivity index (χ3n) is 3.86. The number of fused-ring (bicyclic) bond motifs is 1. The van der Waals surface area contributed by atoms with Crippen LogP contribution in [0.4, 0.5) is 0 Å². The maximum absolute atomic E-state index is 4.57. The summed E-state index contributed by atoms with van der Waals surface area (Å²) < 4.78 is 3.32. The van der Waals surface area contributed by atoms with Gasteiger partial charge in [-0.15, -0.1) is 0 Å². The van der Waals surface area contributed by atoms with E-state index in [-0.39, 0.29) is 0 Å². The van der Waals surface area contributed by atoms with Gasteiger partial charge in [0.05, 0.1) is 11.7 Å². The van der Waals surface area contributed by atoms with Gasteiger partial charge in [0.2, 0.25) is 0 Å². The van der Waals surface area contributed by atoms with E-state index >= 15 is 0 Å². The summed E-state index contributed by atoms with van der Waals surface area (Å²) >= 11 is 3.50. The Morgan fingerprint density at radius 3 is 3.17 bits per heavy atom. The molecule has 0 amide bonds. The van der Waals surface area contributed by atoms with Gasteiger partial charge >= 0.3 is 0 Å². The van der Waals surface area contributed by atoms with Crippen LogP contribution in [0, 0.1) is 5.92 Å². The van der Waals surface area contributed by atoms with Crippen molar-refractivity contribution in [3.63, 3.8) is 0 Å². The summed E-state index contributed by atoms with van der Waals surface area (Å²) in [7, 11) is 0. The van der Waals surface area contributed by atoms with Gasteiger partial charge in [0.15, 0.2) is 0 Å². The zero-order valence-corrected chi connectivity index (χ0v) is 12.2. The molecule has 0 radical (unpaired) electrons. The molecule has 1 saturated heterocycles. The van der Waals surface area contributed by atoms with Gasteiger partial charge in [-0.2, -0.15) is 0 Å². The van der Waals surface area contributed by atoms with Crippen LogP contribution in [-0.4, -0.2) is 33.9 Å². The first-order valence-corrected chi connectivity index (χ1v) is 7.39. The van der Waals surface area contributed by atoms with Crippen molar-refractivity contribution >= 4 is 21.4 Å². The van der Waals surface area contributed by atoms with Crippen molar-refractivity contribution in [2.45, 2.75) is 19.8 Å². The van der Waals surface area contributed by atoms with Gasteiger partial charge in [-0.1, -0.05) is 22.9 Å². The topological polar surface area (TPSA) is 20.5 Å². The average Bonchev–Trinajstić information content (AvgIpc) is 2.97. The molecular formula is C14H18BrN3. The second kappa shape index (κ2) is 5.02. The molecule has 0 aliphatic carbocycles. The Morgan fingerprint density at radius 2 is 2.39 bits per heavy atom. The molecule has 3 rings (SSSR count). The molecule has 1 aliphatic heterocycles. The molecule has 96 valence electrons. The summed E-state index contributed by atoms with van der Waals surface area (Å²) in [6.45, 7) is 5.88. The molecule has 3 heterocycles. The number of imidazole rings is 1.